The average Bonchev–Trinajstić information content (AvgIpc) is 2.25. The van der Waals surface area contributed by atoms with Crippen LogP contribution in [0.3, 0.4) is 0 Å². The summed E-state index contributed by atoms with van der Waals surface area (Å²) >= 11 is 0. The van der Waals surface area contributed by atoms with Crippen LogP contribution in [0.2, 0.25) is 0 Å². The molecule has 0 bridgehead atoms. The van der Waals surface area contributed by atoms with Crippen molar-refractivity contribution in [1.29, 1.82) is 0 Å². The van der Waals surface area contributed by atoms with Crippen molar-refractivity contribution in [2.75, 3.05) is 0 Å². The number of benzene rings is 1. The summed E-state index contributed by atoms with van der Waals surface area (Å²) in [6.07, 6.45) is 5.52. The molecule has 1 heteroatoms. The second kappa shape index (κ2) is 6.61. The van der Waals surface area contributed by atoms with E-state index < -0.39 is 0 Å². The van der Waals surface area contributed by atoms with Crippen molar-refractivity contribution in [2.24, 2.45) is 0 Å². The van der Waals surface area contributed by atoms with E-state index in [1.165, 1.54) is 19.3 Å². The van der Waals surface area contributed by atoms with E-state index in [0.717, 1.165) is 18.4 Å². The van der Waals surface area contributed by atoms with Gasteiger partial charge in [-0.2, -0.15) is 0 Å². The van der Waals surface area contributed by atoms with E-state index in [4.69, 9.17) is 0 Å². The van der Waals surface area contributed by atoms with Crippen LogP contribution in [-0.2, 0) is 0 Å². The summed E-state index contributed by atoms with van der Waals surface area (Å²) in [5.74, 6) is 0. The normalized spacial score (nSPS) is 12.7. The van der Waals surface area contributed by atoms with Gasteiger partial charge < -0.3 is 5.11 Å². The molecule has 0 spiro atoms. The Balaban J connectivity index is 2.25. The zero-order chi connectivity index (χ0) is 10.2. The van der Waals surface area contributed by atoms with Crippen LogP contribution in [0.5, 0.6) is 0 Å². The molecule has 0 aromatic heterocycles. The van der Waals surface area contributed by atoms with Gasteiger partial charge in [0.2, 0.25) is 0 Å². The Morgan fingerprint density at radius 2 is 1.79 bits per heavy atom. The minimum atomic E-state index is -0.270. The highest BCUT2D eigenvalue weighted by Gasteiger charge is 2.05. The maximum absolute atomic E-state index is 9.82. The highest BCUT2D eigenvalue weighted by atomic mass is 16.3. The molecule has 1 aromatic rings. The Labute approximate surface area is 86.8 Å². The molecule has 1 atom stereocenters. The fourth-order valence-electron chi connectivity index (χ4n) is 1.61. The molecule has 0 saturated heterocycles. The van der Waals surface area contributed by atoms with Gasteiger partial charge in [-0.15, -0.1) is 0 Å². The van der Waals surface area contributed by atoms with Crippen LogP contribution in [-0.4, -0.2) is 5.11 Å². The molecule has 0 amide bonds. The van der Waals surface area contributed by atoms with Gasteiger partial charge in [-0.25, -0.2) is 0 Å². The predicted octanol–water partition coefficient (Wildman–Crippen LogP) is 3.69. The number of rotatable bonds is 6. The van der Waals surface area contributed by atoms with Gasteiger partial charge in [0.15, 0.2) is 0 Å². The second-order valence-electron chi connectivity index (χ2n) is 3.78. The summed E-state index contributed by atoms with van der Waals surface area (Å²) in [5.41, 5.74) is 1.05. The lowest BCUT2D eigenvalue weighted by Crippen LogP contribution is -1.96. The monoisotopic (exact) mass is 192 g/mol. The van der Waals surface area contributed by atoms with Gasteiger partial charge in [-0.3, -0.25) is 0 Å². The van der Waals surface area contributed by atoms with Gasteiger partial charge in [0.1, 0.15) is 0 Å². The molecule has 78 valence electrons. The van der Waals surface area contributed by atoms with Crippen LogP contribution < -0.4 is 0 Å². The fourth-order valence-corrected chi connectivity index (χ4v) is 1.61. The summed E-state index contributed by atoms with van der Waals surface area (Å²) < 4.78 is 0. The van der Waals surface area contributed by atoms with E-state index in [2.05, 4.69) is 6.92 Å². The Morgan fingerprint density at radius 3 is 2.43 bits per heavy atom. The summed E-state index contributed by atoms with van der Waals surface area (Å²) in [5, 5.41) is 9.82. The molecule has 0 aliphatic carbocycles. The van der Waals surface area contributed by atoms with E-state index in [9.17, 15) is 5.11 Å². The third-order valence-corrected chi connectivity index (χ3v) is 2.52. The van der Waals surface area contributed by atoms with Gasteiger partial charge in [0, 0.05) is 0 Å². The molecule has 0 aliphatic rings. The highest BCUT2D eigenvalue weighted by Crippen LogP contribution is 2.19. The zero-order valence-electron chi connectivity index (χ0n) is 8.95. The first-order valence-corrected chi connectivity index (χ1v) is 5.57. The van der Waals surface area contributed by atoms with E-state index in [-0.39, 0.29) is 6.10 Å². The lowest BCUT2D eigenvalue weighted by molar-refractivity contribution is 0.163. The maximum atomic E-state index is 9.82. The molecular weight excluding hydrogens is 172 g/mol. The minimum absolute atomic E-state index is 0.270. The van der Waals surface area contributed by atoms with E-state index in [0.29, 0.717) is 0 Å². The molecule has 0 saturated carbocycles. The summed E-state index contributed by atoms with van der Waals surface area (Å²) in [6.45, 7) is 2.20. The largest absolute Gasteiger partial charge is 0.388 e. The summed E-state index contributed by atoms with van der Waals surface area (Å²) in [4.78, 5) is 0. The van der Waals surface area contributed by atoms with Crippen LogP contribution in [0, 0.1) is 0 Å². The Hall–Kier alpha value is -0.820. The Kier molecular flexibility index (Phi) is 5.31. The van der Waals surface area contributed by atoms with E-state index in [1.54, 1.807) is 0 Å². The first kappa shape index (κ1) is 11.3. The first-order valence-electron chi connectivity index (χ1n) is 5.57. The topological polar surface area (TPSA) is 20.2 Å². The second-order valence-corrected chi connectivity index (χ2v) is 3.78. The fraction of sp³-hybridized carbons (Fsp3) is 0.538. The lowest BCUT2D eigenvalue weighted by atomic mass is 10.0. The van der Waals surface area contributed by atoms with Crippen molar-refractivity contribution in [1.82, 2.24) is 0 Å². The van der Waals surface area contributed by atoms with Crippen molar-refractivity contribution in [3.63, 3.8) is 0 Å². The Morgan fingerprint density at radius 1 is 1.07 bits per heavy atom. The van der Waals surface area contributed by atoms with Gasteiger partial charge in [-0.05, 0) is 12.0 Å². The van der Waals surface area contributed by atoms with Gasteiger partial charge >= 0.3 is 0 Å². The van der Waals surface area contributed by atoms with Gasteiger partial charge in [0.05, 0.1) is 6.10 Å². The van der Waals surface area contributed by atoms with Crippen LogP contribution in [0.4, 0.5) is 0 Å². The number of aliphatic hydroxyl groups is 1. The molecule has 1 N–H and O–H groups in total. The van der Waals surface area contributed by atoms with Crippen molar-refractivity contribution >= 4 is 0 Å². The minimum Gasteiger partial charge on any atom is -0.388 e. The van der Waals surface area contributed by atoms with Gasteiger partial charge in [0.25, 0.3) is 0 Å². The quantitative estimate of drug-likeness (QED) is 0.681. The molecule has 1 aromatic carbocycles. The smallest absolute Gasteiger partial charge is 0.0790 e. The summed E-state index contributed by atoms with van der Waals surface area (Å²) in [7, 11) is 0. The maximum Gasteiger partial charge on any atom is 0.0790 e. The van der Waals surface area contributed by atoms with Crippen LogP contribution in [0.1, 0.15) is 50.7 Å². The van der Waals surface area contributed by atoms with E-state index >= 15 is 0 Å². The molecule has 1 nitrogen and oxygen atoms in total. The van der Waals surface area contributed by atoms with Crippen LogP contribution in [0.25, 0.3) is 0 Å². The van der Waals surface area contributed by atoms with E-state index in [1.807, 2.05) is 30.3 Å². The molecule has 0 heterocycles. The number of unbranched alkanes of at least 4 members (excludes halogenated alkanes) is 3. The van der Waals surface area contributed by atoms with Crippen molar-refractivity contribution < 1.29 is 5.11 Å². The average molecular weight is 192 g/mol. The van der Waals surface area contributed by atoms with Crippen LogP contribution >= 0.6 is 0 Å². The zero-order valence-corrected chi connectivity index (χ0v) is 8.95. The van der Waals surface area contributed by atoms with Crippen molar-refractivity contribution in [3.8, 4) is 0 Å². The molecule has 0 aliphatic heterocycles. The number of hydrogen-bond acceptors (Lipinski definition) is 1. The van der Waals surface area contributed by atoms with Crippen LogP contribution in [0.15, 0.2) is 30.3 Å². The molecule has 0 fully saturated rings. The third kappa shape index (κ3) is 3.93. The molecule has 14 heavy (non-hydrogen) atoms. The molecule has 1 rings (SSSR count). The number of aliphatic hydroxyl groups excluding tert-OH is 1. The molecular formula is C13H20O. The standard InChI is InChI=1S/C13H20O/c1-2-3-4-8-11-13(14)12-9-6-5-7-10-12/h5-7,9-10,13-14H,2-4,8,11H2,1H3/t13-/m1/s1. The molecule has 0 unspecified atom stereocenters. The lowest BCUT2D eigenvalue weighted by Gasteiger charge is -2.09. The van der Waals surface area contributed by atoms with Crippen molar-refractivity contribution in [3.05, 3.63) is 35.9 Å². The predicted molar refractivity (Wildman–Crippen MR) is 60.2 cm³/mol. The van der Waals surface area contributed by atoms with Crippen molar-refractivity contribution in [2.45, 2.75) is 45.1 Å². The SMILES string of the molecule is CCCCCC[C@@H](O)c1ccccc1. The Bertz CT molecular complexity index is 230. The van der Waals surface area contributed by atoms with Gasteiger partial charge in [-0.1, -0.05) is 62.9 Å². The highest BCUT2D eigenvalue weighted by molar-refractivity contribution is 5.16. The first-order chi connectivity index (χ1) is 6.84. The summed E-state index contributed by atoms with van der Waals surface area (Å²) in [6, 6.07) is 9.91. The third-order valence-electron chi connectivity index (χ3n) is 2.52. The number of hydrogen-bond donors (Lipinski definition) is 1. The molecule has 0 radical (unpaired) electrons.